The molecule has 2 N–H and O–H groups in total. The lowest BCUT2D eigenvalue weighted by molar-refractivity contribution is 0.174. The average Bonchev–Trinajstić information content (AvgIpc) is 3.40. The van der Waals surface area contributed by atoms with Crippen LogP contribution >= 0.6 is 11.6 Å². The van der Waals surface area contributed by atoms with Crippen molar-refractivity contribution in [1.82, 2.24) is 9.97 Å². The van der Waals surface area contributed by atoms with Gasteiger partial charge in [0, 0.05) is 23.5 Å². The van der Waals surface area contributed by atoms with Gasteiger partial charge in [-0.3, -0.25) is 0 Å². The van der Waals surface area contributed by atoms with Gasteiger partial charge in [0.2, 0.25) is 12.7 Å². The first-order valence-corrected chi connectivity index (χ1v) is 10.1. The number of benzene rings is 2. The SMILES string of the molecule is OC[C@H]1CCCN1c1nc(NCc2ccc3c(c2)OCO3)c2cc(Cl)ccc2n1. The van der Waals surface area contributed by atoms with Crippen LogP contribution in [0.25, 0.3) is 10.9 Å². The van der Waals surface area contributed by atoms with Crippen molar-refractivity contribution < 1.29 is 14.6 Å². The molecule has 2 aromatic carbocycles. The Morgan fingerprint density at radius 3 is 2.93 bits per heavy atom. The number of halogens is 1. The molecule has 0 amide bonds. The zero-order chi connectivity index (χ0) is 19.8. The molecule has 1 atom stereocenters. The van der Waals surface area contributed by atoms with Crippen LogP contribution < -0.4 is 19.7 Å². The number of anilines is 2. The zero-order valence-electron chi connectivity index (χ0n) is 15.8. The van der Waals surface area contributed by atoms with Gasteiger partial charge in [-0.15, -0.1) is 0 Å². The van der Waals surface area contributed by atoms with Crippen molar-refractivity contribution in [2.24, 2.45) is 0 Å². The predicted molar refractivity (Wildman–Crippen MR) is 112 cm³/mol. The van der Waals surface area contributed by atoms with E-state index >= 15 is 0 Å². The van der Waals surface area contributed by atoms with Crippen LogP contribution in [-0.4, -0.2) is 41.1 Å². The van der Waals surface area contributed by atoms with Crippen LogP contribution in [0, 0.1) is 0 Å². The minimum atomic E-state index is 0.0569. The molecule has 3 heterocycles. The van der Waals surface area contributed by atoms with Gasteiger partial charge in [-0.25, -0.2) is 4.98 Å². The van der Waals surface area contributed by atoms with Gasteiger partial charge in [-0.1, -0.05) is 17.7 Å². The maximum atomic E-state index is 9.69. The molecule has 8 heteroatoms. The Balaban J connectivity index is 1.48. The molecule has 2 aliphatic heterocycles. The number of nitrogens with zero attached hydrogens (tertiary/aromatic N) is 3. The summed E-state index contributed by atoms with van der Waals surface area (Å²) in [6.07, 6.45) is 1.96. The van der Waals surface area contributed by atoms with Crippen molar-refractivity contribution in [2.45, 2.75) is 25.4 Å². The number of hydrogen-bond donors (Lipinski definition) is 2. The summed E-state index contributed by atoms with van der Waals surface area (Å²) in [4.78, 5) is 11.6. The lowest BCUT2D eigenvalue weighted by atomic mass is 10.2. The third-order valence-electron chi connectivity index (χ3n) is 5.39. The molecule has 1 aromatic heterocycles. The van der Waals surface area contributed by atoms with Crippen LogP contribution in [0.2, 0.25) is 5.02 Å². The van der Waals surface area contributed by atoms with E-state index in [0.29, 0.717) is 23.3 Å². The molecule has 5 rings (SSSR count). The molecule has 3 aromatic rings. The number of nitrogens with one attached hydrogen (secondary N) is 1. The second kappa shape index (κ2) is 7.57. The Hall–Kier alpha value is -2.77. The fraction of sp³-hybridized carbons (Fsp3) is 0.333. The van der Waals surface area contributed by atoms with E-state index in [2.05, 4.69) is 10.2 Å². The van der Waals surface area contributed by atoms with E-state index in [4.69, 9.17) is 31.0 Å². The predicted octanol–water partition coefficient (Wildman–Crippen LogP) is 3.59. The quantitative estimate of drug-likeness (QED) is 0.662. The highest BCUT2D eigenvalue weighted by atomic mass is 35.5. The Kier molecular flexibility index (Phi) is 4.77. The molecule has 1 saturated heterocycles. The lowest BCUT2D eigenvalue weighted by Gasteiger charge is -2.24. The van der Waals surface area contributed by atoms with Crippen molar-refractivity contribution >= 4 is 34.3 Å². The maximum Gasteiger partial charge on any atom is 0.231 e. The van der Waals surface area contributed by atoms with E-state index in [1.165, 1.54) is 0 Å². The Labute approximate surface area is 173 Å². The molecule has 0 aliphatic carbocycles. The largest absolute Gasteiger partial charge is 0.454 e. The lowest BCUT2D eigenvalue weighted by Crippen LogP contribution is -2.33. The second-order valence-electron chi connectivity index (χ2n) is 7.25. The first-order valence-electron chi connectivity index (χ1n) is 9.68. The Bertz CT molecular complexity index is 1060. The highest BCUT2D eigenvalue weighted by molar-refractivity contribution is 6.31. The van der Waals surface area contributed by atoms with Crippen LogP contribution in [0.3, 0.4) is 0 Å². The number of ether oxygens (including phenoxy) is 2. The number of rotatable bonds is 5. The molecule has 0 bridgehead atoms. The molecule has 7 nitrogen and oxygen atoms in total. The smallest absolute Gasteiger partial charge is 0.231 e. The van der Waals surface area contributed by atoms with E-state index in [-0.39, 0.29) is 19.4 Å². The van der Waals surface area contributed by atoms with Gasteiger partial charge >= 0.3 is 0 Å². The highest BCUT2D eigenvalue weighted by Gasteiger charge is 2.27. The van der Waals surface area contributed by atoms with Crippen LogP contribution in [0.15, 0.2) is 36.4 Å². The van der Waals surface area contributed by atoms with Gasteiger partial charge in [0.1, 0.15) is 5.82 Å². The highest BCUT2D eigenvalue weighted by Crippen LogP contribution is 2.33. The molecule has 0 radical (unpaired) electrons. The normalized spacial score (nSPS) is 17.9. The average molecular weight is 413 g/mol. The first-order chi connectivity index (χ1) is 14.2. The molecule has 0 saturated carbocycles. The number of hydrogen-bond acceptors (Lipinski definition) is 7. The third-order valence-corrected chi connectivity index (χ3v) is 5.62. The summed E-state index contributed by atoms with van der Waals surface area (Å²) in [5.74, 6) is 2.86. The number of fused-ring (bicyclic) bond motifs is 2. The fourth-order valence-corrected chi connectivity index (χ4v) is 4.05. The van der Waals surface area contributed by atoms with E-state index in [1.807, 2.05) is 36.4 Å². The van der Waals surface area contributed by atoms with Gasteiger partial charge in [-0.05, 0) is 48.7 Å². The van der Waals surface area contributed by atoms with Gasteiger partial charge in [0.25, 0.3) is 0 Å². The molecule has 0 spiro atoms. The van der Waals surface area contributed by atoms with E-state index in [9.17, 15) is 5.11 Å². The third kappa shape index (κ3) is 3.52. The van der Waals surface area contributed by atoms with Crippen molar-refractivity contribution in [3.8, 4) is 11.5 Å². The number of aliphatic hydroxyl groups is 1. The maximum absolute atomic E-state index is 9.69. The minimum Gasteiger partial charge on any atom is -0.454 e. The number of aromatic nitrogens is 2. The van der Waals surface area contributed by atoms with E-state index in [0.717, 1.165) is 47.4 Å². The van der Waals surface area contributed by atoms with Crippen LogP contribution in [0.4, 0.5) is 11.8 Å². The van der Waals surface area contributed by atoms with Crippen molar-refractivity contribution in [3.05, 3.63) is 47.0 Å². The van der Waals surface area contributed by atoms with Crippen molar-refractivity contribution in [3.63, 3.8) is 0 Å². The van der Waals surface area contributed by atoms with Crippen LogP contribution in [0.1, 0.15) is 18.4 Å². The zero-order valence-corrected chi connectivity index (χ0v) is 16.5. The Morgan fingerprint density at radius 2 is 2.03 bits per heavy atom. The molecule has 29 heavy (non-hydrogen) atoms. The van der Waals surface area contributed by atoms with E-state index in [1.54, 1.807) is 0 Å². The van der Waals surface area contributed by atoms with Gasteiger partial charge in [0.05, 0.1) is 18.2 Å². The summed E-state index contributed by atoms with van der Waals surface area (Å²) in [6.45, 7) is 1.76. The molecular weight excluding hydrogens is 392 g/mol. The first kappa shape index (κ1) is 18.3. The summed E-state index contributed by atoms with van der Waals surface area (Å²) in [6, 6.07) is 11.5. The van der Waals surface area contributed by atoms with Gasteiger partial charge < -0.3 is 24.8 Å². The molecular formula is C21H21ClN4O3. The summed E-state index contributed by atoms with van der Waals surface area (Å²) in [5, 5.41) is 14.6. The van der Waals surface area contributed by atoms with Crippen molar-refractivity contribution in [1.29, 1.82) is 0 Å². The summed E-state index contributed by atoms with van der Waals surface area (Å²) >= 11 is 6.23. The molecule has 1 fully saturated rings. The van der Waals surface area contributed by atoms with Gasteiger partial charge in [0.15, 0.2) is 11.5 Å². The molecule has 150 valence electrons. The van der Waals surface area contributed by atoms with Crippen molar-refractivity contribution in [2.75, 3.05) is 30.2 Å². The van der Waals surface area contributed by atoms with Crippen LogP contribution in [-0.2, 0) is 6.54 Å². The number of aliphatic hydroxyl groups excluding tert-OH is 1. The molecule has 2 aliphatic rings. The summed E-state index contributed by atoms with van der Waals surface area (Å²) in [7, 11) is 0. The minimum absolute atomic E-state index is 0.0569. The van der Waals surface area contributed by atoms with Crippen LogP contribution in [0.5, 0.6) is 11.5 Å². The standard InChI is InChI=1S/C21H21ClN4O3/c22-14-4-5-17-16(9-14)20(25-21(24-17)26-7-1-2-15(26)11-27)23-10-13-3-6-18-19(8-13)29-12-28-18/h3-6,8-9,15,27H,1-2,7,10-12H2,(H,23,24,25)/t15-/m1/s1. The molecule has 0 unspecified atom stereocenters. The fourth-order valence-electron chi connectivity index (χ4n) is 3.88. The summed E-state index contributed by atoms with van der Waals surface area (Å²) in [5.41, 5.74) is 1.87. The monoisotopic (exact) mass is 412 g/mol. The summed E-state index contributed by atoms with van der Waals surface area (Å²) < 4.78 is 10.8. The Morgan fingerprint density at radius 1 is 1.14 bits per heavy atom. The second-order valence-corrected chi connectivity index (χ2v) is 7.68. The topological polar surface area (TPSA) is 79.7 Å². The van der Waals surface area contributed by atoms with Gasteiger partial charge in [-0.2, -0.15) is 4.98 Å². The van der Waals surface area contributed by atoms with E-state index < -0.39 is 0 Å².